The molecular weight excluding hydrogens is 254 g/mol. The number of nitrogens with two attached hydrogens (primary N) is 1. The summed E-state index contributed by atoms with van der Waals surface area (Å²) in [4.78, 5) is 15.7. The second kappa shape index (κ2) is 5.54. The zero-order valence-electron chi connectivity index (χ0n) is 10.5. The SMILES string of the molecule is NS(=O)(=O)C1CC(=O)N(CCN2CCCCC2)C1. The highest BCUT2D eigenvalue weighted by molar-refractivity contribution is 7.89. The summed E-state index contributed by atoms with van der Waals surface area (Å²) in [6.45, 7) is 3.88. The number of rotatable bonds is 4. The van der Waals surface area contributed by atoms with Crippen LogP contribution in [0.5, 0.6) is 0 Å². The summed E-state index contributed by atoms with van der Waals surface area (Å²) in [6, 6.07) is 0. The van der Waals surface area contributed by atoms with Crippen molar-refractivity contribution in [2.45, 2.75) is 30.9 Å². The van der Waals surface area contributed by atoms with Crippen LogP contribution in [0.3, 0.4) is 0 Å². The van der Waals surface area contributed by atoms with Crippen LogP contribution in [0.4, 0.5) is 0 Å². The number of sulfonamides is 1. The molecule has 0 aliphatic carbocycles. The van der Waals surface area contributed by atoms with Crippen LogP contribution in [0.15, 0.2) is 0 Å². The molecule has 6 nitrogen and oxygen atoms in total. The molecule has 0 aromatic rings. The maximum absolute atomic E-state index is 11.7. The third kappa shape index (κ3) is 3.43. The third-order valence-corrected chi connectivity index (χ3v) is 5.02. The van der Waals surface area contributed by atoms with Gasteiger partial charge in [0.1, 0.15) is 5.25 Å². The summed E-state index contributed by atoms with van der Waals surface area (Å²) >= 11 is 0. The molecule has 2 fully saturated rings. The minimum Gasteiger partial charge on any atom is -0.340 e. The number of carbonyl (C=O) groups excluding carboxylic acids is 1. The molecule has 2 heterocycles. The zero-order valence-corrected chi connectivity index (χ0v) is 11.4. The van der Waals surface area contributed by atoms with Gasteiger partial charge in [0.15, 0.2) is 0 Å². The summed E-state index contributed by atoms with van der Waals surface area (Å²) < 4.78 is 22.4. The molecule has 2 saturated heterocycles. The van der Waals surface area contributed by atoms with E-state index in [1.165, 1.54) is 19.3 Å². The molecule has 18 heavy (non-hydrogen) atoms. The number of primary sulfonamides is 1. The van der Waals surface area contributed by atoms with Gasteiger partial charge in [-0.25, -0.2) is 13.6 Å². The molecule has 0 spiro atoms. The average Bonchev–Trinajstić information content (AvgIpc) is 2.69. The fraction of sp³-hybridized carbons (Fsp3) is 0.909. The van der Waals surface area contributed by atoms with Crippen LogP contribution in [0.25, 0.3) is 0 Å². The van der Waals surface area contributed by atoms with Gasteiger partial charge >= 0.3 is 0 Å². The lowest BCUT2D eigenvalue weighted by atomic mass is 10.1. The van der Waals surface area contributed by atoms with Crippen LogP contribution in [0.2, 0.25) is 0 Å². The first-order valence-corrected chi connectivity index (χ1v) is 8.09. The fourth-order valence-corrected chi connectivity index (χ4v) is 3.38. The van der Waals surface area contributed by atoms with Crippen molar-refractivity contribution in [1.82, 2.24) is 9.80 Å². The zero-order chi connectivity index (χ0) is 13.2. The van der Waals surface area contributed by atoms with Gasteiger partial charge in [-0.3, -0.25) is 4.79 Å². The molecule has 2 rings (SSSR count). The molecule has 0 bridgehead atoms. The maximum Gasteiger partial charge on any atom is 0.224 e. The molecular formula is C11H21N3O3S. The Morgan fingerprint density at radius 1 is 1.17 bits per heavy atom. The Kier molecular flexibility index (Phi) is 4.24. The Balaban J connectivity index is 1.81. The van der Waals surface area contributed by atoms with Crippen LogP contribution >= 0.6 is 0 Å². The van der Waals surface area contributed by atoms with Gasteiger partial charge in [0.2, 0.25) is 15.9 Å². The van der Waals surface area contributed by atoms with E-state index in [0.29, 0.717) is 6.54 Å². The smallest absolute Gasteiger partial charge is 0.224 e. The number of amides is 1. The highest BCUT2D eigenvalue weighted by atomic mass is 32.2. The molecule has 0 saturated carbocycles. The van der Waals surface area contributed by atoms with Crippen LogP contribution in [0.1, 0.15) is 25.7 Å². The predicted octanol–water partition coefficient (Wildman–Crippen LogP) is -0.638. The Morgan fingerprint density at radius 2 is 1.83 bits per heavy atom. The summed E-state index contributed by atoms with van der Waals surface area (Å²) in [5.74, 6) is -0.0916. The van der Waals surface area contributed by atoms with Crippen molar-refractivity contribution in [3.05, 3.63) is 0 Å². The number of hydrogen-bond donors (Lipinski definition) is 1. The first-order chi connectivity index (χ1) is 8.47. The molecule has 0 aromatic heterocycles. The minimum absolute atomic E-state index is 0.0405. The summed E-state index contributed by atoms with van der Waals surface area (Å²) in [7, 11) is -3.59. The topological polar surface area (TPSA) is 83.7 Å². The highest BCUT2D eigenvalue weighted by Crippen LogP contribution is 2.16. The summed E-state index contributed by atoms with van der Waals surface area (Å²) in [5.41, 5.74) is 0. The first-order valence-electron chi connectivity index (χ1n) is 6.48. The third-order valence-electron chi connectivity index (χ3n) is 3.78. The van der Waals surface area contributed by atoms with E-state index in [2.05, 4.69) is 4.90 Å². The largest absolute Gasteiger partial charge is 0.340 e. The van der Waals surface area contributed by atoms with Gasteiger partial charge in [-0.1, -0.05) is 6.42 Å². The van der Waals surface area contributed by atoms with Crippen molar-refractivity contribution < 1.29 is 13.2 Å². The van der Waals surface area contributed by atoms with Gasteiger partial charge in [0, 0.05) is 26.1 Å². The van der Waals surface area contributed by atoms with E-state index in [-0.39, 0.29) is 18.9 Å². The molecule has 2 N–H and O–H groups in total. The number of likely N-dealkylation sites (tertiary alicyclic amines) is 2. The van der Waals surface area contributed by atoms with Gasteiger partial charge < -0.3 is 9.80 Å². The Hall–Kier alpha value is -0.660. The van der Waals surface area contributed by atoms with Crippen molar-refractivity contribution in [2.75, 3.05) is 32.7 Å². The Bertz CT molecular complexity index is 404. The normalized spacial score (nSPS) is 26.8. The molecule has 2 aliphatic rings. The standard InChI is InChI=1S/C11H21N3O3S/c12-18(16,17)10-8-11(15)14(9-10)7-6-13-4-2-1-3-5-13/h10H,1-9H2,(H2,12,16,17). The van der Waals surface area contributed by atoms with Crippen LogP contribution in [0, 0.1) is 0 Å². The quantitative estimate of drug-likeness (QED) is 0.740. The molecule has 104 valence electrons. The Labute approximate surface area is 108 Å². The minimum atomic E-state index is -3.59. The fourth-order valence-electron chi connectivity index (χ4n) is 2.62. The number of carbonyl (C=O) groups is 1. The molecule has 0 aromatic carbocycles. The second-order valence-electron chi connectivity index (χ2n) is 5.16. The lowest BCUT2D eigenvalue weighted by Gasteiger charge is -2.28. The van der Waals surface area contributed by atoms with E-state index < -0.39 is 15.3 Å². The van der Waals surface area contributed by atoms with Gasteiger partial charge in [-0.05, 0) is 25.9 Å². The van der Waals surface area contributed by atoms with Gasteiger partial charge in [0.25, 0.3) is 0 Å². The molecule has 7 heteroatoms. The summed E-state index contributed by atoms with van der Waals surface area (Å²) in [6.07, 6.45) is 3.76. The van der Waals surface area contributed by atoms with Crippen LogP contribution in [-0.2, 0) is 14.8 Å². The Morgan fingerprint density at radius 3 is 2.39 bits per heavy atom. The molecule has 2 aliphatic heterocycles. The van der Waals surface area contributed by atoms with E-state index >= 15 is 0 Å². The number of piperidine rings is 1. The molecule has 1 unspecified atom stereocenters. The van der Waals surface area contributed by atoms with Crippen molar-refractivity contribution in [1.29, 1.82) is 0 Å². The van der Waals surface area contributed by atoms with Crippen molar-refractivity contribution in [2.24, 2.45) is 5.14 Å². The van der Waals surface area contributed by atoms with Gasteiger partial charge in [0.05, 0.1) is 0 Å². The first kappa shape index (κ1) is 13.8. The molecule has 0 radical (unpaired) electrons. The monoisotopic (exact) mass is 275 g/mol. The molecule has 1 amide bonds. The number of hydrogen-bond acceptors (Lipinski definition) is 4. The van der Waals surface area contributed by atoms with E-state index in [1.54, 1.807) is 4.90 Å². The van der Waals surface area contributed by atoms with Gasteiger partial charge in [-0.2, -0.15) is 0 Å². The second-order valence-corrected chi connectivity index (χ2v) is 7.00. The van der Waals surface area contributed by atoms with Crippen molar-refractivity contribution in [3.8, 4) is 0 Å². The lowest BCUT2D eigenvalue weighted by molar-refractivity contribution is -0.127. The maximum atomic E-state index is 11.7. The van der Waals surface area contributed by atoms with E-state index in [1.807, 2.05) is 0 Å². The van der Waals surface area contributed by atoms with Crippen LogP contribution < -0.4 is 5.14 Å². The number of nitrogens with zero attached hydrogens (tertiary/aromatic N) is 2. The van der Waals surface area contributed by atoms with Crippen LogP contribution in [-0.4, -0.2) is 62.1 Å². The highest BCUT2D eigenvalue weighted by Gasteiger charge is 2.36. The van der Waals surface area contributed by atoms with Crippen molar-refractivity contribution in [3.63, 3.8) is 0 Å². The van der Waals surface area contributed by atoms with Gasteiger partial charge in [-0.15, -0.1) is 0 Å². The summed E-state index contributed by atoms with van der Waals surface area (Å²) in [5, 5.41) is 4.37. The van der Waals surface area contributed by atoms with E-state index in [9.17, 15) is 13.2 Å². The van der Waals surface area contributed by atoms with E-state index in [0.717, 1.165) is 19.6 Å². The lowest BCUT2D eigenvalue weighted by Crippen LogP contribution is -2.39. The average molecular weight is 275 g/mol. The molecule has 1 atom stereocenters. The van der Waals surface area contributed by atoms with Crippen molar-refractivity contribution >= 4 is 15.9 Å². The predicted molar refractivity (Wildman–Crippen MR) is 68.4 cm³/mol. The van der Waals surface area contributed by atoms with E-state index in [4.69, 9.17) is 5.14 Å².